The van der Waals surface area contributed by atoms with E-state index in [9.17, 15) is 0 Å². The largest absolute Gasteiger partial charge is 2.00 e. The smallest absolute Gasteiger partial charge is 0.545 e. The maximum Gasteiger partial charge on any atom is 2.00 e. The Kier molecular flexibility index (Phi) is 13.4. The zero-order valence-corrected chi connectivity index (χ0v) is 23.8. The number of hydrogen-bond donors (Lipinski definition) is 0. The number of allylic oxidation sites excluding steroid dienone is 4. The second-order valence-corrected chi connectivity index (χ2v) is 12.7. The summed E-state index contributed by atoms with van der Waals surface area (Å²) in [6, 6.07) is 22.8. The molecule has 3 heteroatoms. The molecule has 0 aliphatic heterocycles. The number of carbonyl (C=O) groups excluding carboxylic acids is 1. The van der Waals surface area contributed by atoms with Crippen molar-refractivity contribution in [3.05, 3.63) is 92.4 Å². The fraction of sp³-hybridized carbons (Fsp3) is 0.438. The molecule has 4 atom stereocenters. The Bertz CT molecular complexity index is 851. The van der Waals surface area contributed by atoms with E-state index in [0.717, 1.165) is 29.6 Å². The molecule has 0 bridgehead atoms. The topological polar surface area (TPSA) is 17.1 Å². The molecule has 1 radical (unpaired) electrons. The average Bonchev–Trinajstić information content (AvgIpc) is 3.33. The SMILES string of the molecule is C1=CC2CCC(C(CC[PH+](c3ccccc3)c3ccccc3)C3CCCCC3)C2C=C1.[CH-]=O.[CH3-].[Rh+2]. The standard InChI is InChI=1S/C30H37P.CHO.CH3.Rh/c1-4-12-24(13-5-1)29(30-21-20-25-14-10-11-19-28(25)30)22-23-31(26-15-6-2-7-16-26)27-17-8-3-9-18-27;1-2;;/h2-3,6-11,14-19,24-25,28-30H,1,4-5,12-13,20-23H2;1H;1H3;/q;2*-1;+2/p+1. The van der Waals surface area contributed by atoms with Crippen LogP contribution in [0.5, 0.6) is 0 Å². The molecule has 2 aromatic carbocycles. The Labute approximate surface area is 228 Å². The number of fused-ring (bicyclic) bond motifs is 1. The van der Waals surface area contributed by atoms with Gasteiger partial charge in [0.25, 0.3) is 0 Å². The van der Waals surface area contributed by atoms with Gasteiger partial charge in [0.1, 0.15) is 0 Å². The summed E-state index contributed by atoms with van der Waals surface area (Å²) in [7, 11) is -0.722. The van der Waals surface area contributed by atoms with Gasteiger partial charge in [0, 0.05) is 0 Å². The molecule has 0 saturated heterocycles. The molecule has 3 aliphatic carbocycles. The number of rotatable bonds is 7. The summed E-state index contributed by atoms with van der Waals surface area (Å²) < 4.78 is 0. The molecule has 2 fully saturated rings. The van der Waals surface area contributed by atoms with Crippen LogP contribution >= 0.6 is 7.92 Å². The van der Waals surface area contributed by atoms with Crippen LogP contribution in [-0.4, -0.2) is 13.0 Å². The molecule has 2 aromatic rings. The van der Waals surface area contributed by atoms with Gasteiger partial charge >= 0.3 is 19.5 Å². The first-order valence-electron chi connectivity index (χ1n) is 13.0. The van der Waals surface area contributed by atoms with Gasteiger partial charge in [-0.3, -0.25) is 6.79 Å². The van der Waals surface area contributed by atoms with Gasteiger partial charge in [-0.05, 0) is 73.1 Å². The van der Waals surface area contributed by atoms with E-state index in [1.54, 1.807) is 10.6 Å². The van der Waals surface area contributed by atoms with Gasteiger partial charge in [-0.1, -0.05) is 92.8 Å². The predicted octanol–water partition coefficient (Wildman–Crippen LogP) is 7.38. The summed E-state index contributed by atoms with van der Waals surface area (Å²) in [4.78, 5) is 7.75. The van der Waals surface area contributed by atoms with E-state index in [4.69, 9.17) is 4.79 Å². The molecule has 4 unspecified atom stereocenters. The minimum atomic E-state index is -0.722. The van der Waals surface area contributed by atoms with Crippen molar-refractivity contribution < 1.29 is 24.3 Å². The molecule has 0 amide bonds. The quantitative estimate of drug-likeness (QED) is 0.146. The van der Waals surface area contributed by atoms with Crippen LogP contribution in [0.1, 0.15) is 51.4 Å². The second-order valence-electron chi connectivity index (χ2n) is 10.1. The first-order valence-corrected chi connectivity index (χ1v) is 14.7. The summed E-state index contributed by atoms with van der Waals surface area (Å²) >= 11 is 0. The van der Waals surface area contributed by atoms with Gasteiger partial charge in [0.15, 0.2) is 0 Å². The Hall–Kier alpha value is -1.36. The van der Waals surface area contributed by atoms with Crippen LogP contribution in [0.4, 0.5) is 0 Å². The van der Waals surface area contributed by atoms with E-state index in [1.807, 2.05) is 0 Å². The summed E-state index contributed by atoms with van der Waals surface area (Å²) in [5, 5.41) is 3.18. The third-order valence-electron chi connectivity index (χ3n) is 8.40. The maximum absolute atomic E-state index is 7.75. The van der Waals surface area contributed by atoms with E-state index < -0.39 is 7.92 Å². The van der Waals surface area contributed by atoms with Crippen molar-refractivity contribution in [3.8, 4) is 0 Å². The van der Waals surface area contributed by atoms with Crippen molar-refractivity contribution in [2.24, 2.45) is 29.6 Å². The molecule has 1 nitrogen and oxygen atoms in total. The summed E-state index contributed by atoms with van der Waals surface area (Å²) in [6.07, 6.45) is 22.7. The van der Waals surface area contributed by atoms with Crippen LogP contribution in [0.15, 0.2) is 85.0 Å². The summed E-state index contributed by atoms with van der Waals surface area (Å²) in [5.74, 6) is 4.41. The minimum Gasteiger partial charge on any atom is -0.545 e. The van der Waals surface area contributed by atoms with Crippen molar-refractivity contribution in [2.75, 3.05) is 6.16 Å². The van der Waals surface area contributed by atoms with E-state index >= 15 is 0 Å². The van der Waals surface area contributed by atoms with E-state index in [-0.39, 0.29) is 26.9 Å². The van der Waals surface area contributed by atoms with Crippen LogP contribution in [0.3, 0.4) is 0 Å². The predicted molar refractivity (Wildman–Crippen MR) is 151 cm³/mol. The molecular weight excluding hydrogens is 534 g/mol. The average molecular weight is 577 g/mol. The van der Waals surface area contributed by atoms with Gasteiger partial charge in [0.05, 0.1) is 24.7 Å². The van der Waals surface area contributed by atoms with Crippen molar-refractivity contribution >= 4 is 25.3 Å². The molecule has 0 spiro atoms. The van der Waals surface area contributed by atoms with Gasteiger partial charge < -0.3 is 12.2 Å². The van der Waals surface area contributed by atoms with E-state index in [0.29, 0.717) is 0 Å². The molecule has 3 aliphatic rings. The monoisotopic (exact) mass is 576 g/mol. The van der Waals surface area contributed by atoms with E-state index in [1.165, 1.54) is 57.5 Å². The van der Waals surface area contributed by atoms with Gasteiger partial charge in [-0.15, -0.1) is 0 Å². The Morgan fingerprint density at radius 1 is 0.771 bits per heavy atom. The third-order valence-corrected chi connectivity index (χ3v) is 11.3. The normalized spacial score (nSPS) is 23.9. The van der Waals surface area contributed by atoms with Gasteiger partial charge in [-0.2, -0.15) is 0 Å². The molecule has 0 heterocycles. The maximum atomic E-state index is 7.75. The second kappa shape index (κ2) is 15.7. The first kappa shape index (κ1) is 29.9. The molecule has 2 saturated carbocycles. The van der Waals surface area contributed by atoms with Crippen LogP contribution < -0.4 is 10.6 Å². The molecule has 0 N–H and O–H groups in total. The Balaban J connectivity index is 0.00000105. The van der Waals surface area contributed by atoms with Crippen molar-refractivity contribution in [1.29, 1.82) is 0 Å². The molecule has 189 valence electrons. The summed E-state index contributed by atoms with van der Waals surface area (Å²) in [6.45, 7) is 3.25. The van der Waals surface area contributed by atoms with E-state index in [2.05, 4.69) is 91.8 Å². The van der Waals surface area contributed by atoms with Gasteiger partial charge in [-0.25, -0.2) is 0 Å². The van der Waals surface area contributed by atoms with Crippen molar-refractivity contribution in [2.45, 2.75) is 51.4 Å². The van der Waals surface area contributed by atoms with Crippen molar-refractivity contribution in [1.82, 2.24) is 0 Å². The van der Waals surface area contributed by atoms with Gasteiger partial charge in [0.2, 0.25) is 0 Å². The Morgan fingerprint density at radius 3 is 1.94 bits per heavy atom. The third kappa shape index (κ3) is 7.57. The summed E-state index contributed by atoms with van der Waals surface area (Å²) in [5.41, 5.74) is 0. The minimum absolute atomic E-state index is 0. The van der Waals surface area contributed by atoms with Crippen LogP contribution in [0, 0.1) is 37.0 Å². The zero-order valence-electron chi connectivity index (χ0n) is 21.2. The number of hydrogen-bond acceptors (Lipinski definition) is 1. The zero-order chi connectivity index (χ0) is 22.9. The Morgan fingerprint density at radius 2 is 1.34 bits per heavy atom. The molecule has 0 aromatic heterocycles. The fourth-order valence-corrected chi connectivity index (χ4v) is 9.63. The van der Waals surface area contributed by atoms with Crippen molar-refractivity contribution in [3.63, 3.8) is 0 Å². The molecule has 5 rings (SSSR count). The number of benzene rings is 2. The molecular formula is C32H42OPRh+. The fourth-order valence-electron chi connectivity index (χ4n) is 6.90. The molecule has 35 heavy (non-hydrogen) atoms. The van der Waals surface area contributed by atoms with Crippen LogP contribution in [-0.2, 0) is 24.3 Å². The van der Waals surface area contributed by atoms with Crippen LogP contribution in [0.25, 0.3) is 0 Å². The van der Waals surface area contributed by atoms with Crippen LogP contribution in [0.2, 0.25) is 0 Å². The first-order chi connectivity index (χ1) is 16.4.